The molecule has 0 unspecified atom stereocenters. The maximum atomic E-state index is 14.2. The molecule has 0 aliphatic carbocycles. The molecule has 2 aromatic carbocycles. The molecule has 7 nitrogen and oxygen atoms in total. The fourth-order valence-electron chi connectivity index (χ4n) is 2.89. The highest BCUT2D eigenvalue weighted by molar-refractivity contribution is 7.15. The van der Waals surface area contributed by atoms with Gasteiger partial charge >= 0.3 is 6.18 Å². The number of methoxy groups -OCH3 is 1. The lowest BCUT2D eigenvalue weighted by Gasteiger charge is -2.14. The molecule has 3 aromatic rings. The van der Waals surface area contributed by atoms with E-state index in [-0.39, 0.29) is 27.8 Å². The van der Waals surface area contributed by atoms with Gasteiger partial charge < -0.3 is 9.47 Å². The van der Waals surface area contributed by atoms with Gasteiger partial charge in [0, 0.05) is 5.56 Å². The van der Waals surface area contributed by atoms with Crippen LogP contribution in [0.2, 0.25) is 0 Å². The van der Waals surface area contributed by atoms with E-state index in [1.807, 2.05) is 13.0 Å². The zero-order valence-electron chi connectivity index (χ0n) is 18.4. The third kappa shape index (κ3) is 6.33. The number of hydrogen-bond donors (Lipinski definition) is 1. The molecule has 182 valence electrons. The molecule has 0 spiro atoms. The molecule has 0 radical (unpaired) electrons. The van der Waals surface area contributed by atoms with Crippen molar-refractivity contribution in [1.82, 2.24) is 10.2 Å². The molecule has 0 fully saturated rings. The van der Waals surface area contributed by atoms with Gasteiger partial charge in [0.05, 0.1) is 12.7 Å². The van der Waals surface area contributed by atoms with E-state index in [1.165, 1.54) is 48.8 Å². The molecule has 0 bridgehead atoms. The molecular weight excluding hydrogens is 488 g/mol. The van der Waals surface area contributed by atoms with E-state index in [9.17, 15) is 27.6 Å². The van der Waals surface area contributed by atoms with Crippen LogP contribution in [0.25, 0.3) is 6.08 Å². The molecule has 0 saturated heterocycles. The van der Waals surface area contributed by atoms with Crippen molar-refractivity contribution < 1.29 is 31.8 Å². The number of rotatable bonds is 8. The van der Waals surface area contributed by atoms with Crippen molar-refractivity contribution in [3.05, 3.63) is 69.5 Å². The zero-order chi connectivity index (χ0) is 25.6. The summed E-state index contributed by atoms with van der Waals surface area (Å²) in [4.78, 5) is 12.4. The van der Waals surface area contributed by atoms with Gasteiger partial charge in [-0.25, -0.2) is 4.39 Å². The van der Waals surface area contributed by atoms with E-state index < -0.39 is 30.1 Å². The van der Waals surface area contributed by atoms with E-state index >= 15 is 0 Å². The Morgan fingerprint density at radius 2 is 2.00 bits per heavy atom. The van der Waals surface area contributed by atoms with Gasteiger partial charge in [0.1, 0.15) is 29.1 Å². The van der Waals surface area contributed by atoms with E-state index in [0.29, 0.717) is 18.1 Å². The van der Waals surface area contributed by atoms with E-state index in [1.54, 1.807) is 0 Å². The largest absolute Gasteiger partial charge is 0.493 e. The second-order valence-electron chi connectivity index (χ2n) is 6.95. The van der Waals surface area contributed by atoms with Crippen LogP contribution in [0.5, 0.6) is 11.5 Å². The fraction of sp³-hybridized carbons (Fsp3) is 0.217. The van der Waals surface area contributed by atoms with Gasteiger partial charge in [-0.3, -0.25) is 10.1 Å². The van der Waals surface area contributed by atoms with Crippen molar-refractivity contribution in [3.63, 3.8) is 0 Å². The Kier molecular flexibility index (Phi) is 8.03. The van der Waals surface area contributed by atoms with Crippen molar-refractivity contribution in [2.45, 2.75) is 26.1 Å². The maximum Gasteiger partial charge on any atom is 0.419 e. The van der Waals surface area contributed by atoms with Crippen LogP contribution in [-0.2, 0) is 24.0 Å². The first kappa shape index (κ1) is 25.6. The number of ether oxygens (including phenoxy) is 2. The van der Waals surface area contributed by atoms with Gasteiger partial charge in [-0.15, -0.1) is 10.2 Å². The normalized spacial score (nSPS) is 11.6. The maximum absolute atomic E-state index is 14.2. The lowest BCUT2D eigenvalue weighted by atomic mass is 10.1. The summed E-state index contributed by atoms with van der Waals surface area (Å²) in [5, 5.41) is 20.6. The second-order valence-corrected chi connectivity index (χ2v) is 8.02. The SMILES string of the molecule is CCc1nnc(NC(=O)C(C#N)=Cc2ccc(OCc3cccc(C(F)(F)F)c3F)c(OC)c2)s1. The molecule has 0 aliphatic heterocycles. The Morgan fingerprint density at radius 3 is 2.63 bits per heavy atom. The van der Waals surface area contributed by atoms with Gasteiger partial charge in [-0.1, -0.05) is 36.5 Å². The Bertz CT molecular complexity index is 1300. The lowest BCUT2D eigenvalue weighted by molar-refractivity contribution is -0.140. The summed E-state index contributed by atoms with van der Waals surface area (Å²) in [7, 11) is 1.33. The number of carbonyl (C=O) groups excluding carboxylic acids is 1. The minimum atomic E-state index is -4.83. The highest BCUT2D eigenvalue weighted by Gasteiger charge is 2.34. The number of aryl methyl sites for hydroxylation is 1. The number of nitrogens with zero attached hydrogens (tertiary/aromatic N) is 3. The number of amides is 1. The number of alkyl halides is 3. The van der Waals surface area contributed by atoms with Crippen LogP contribution >= 0.6 is 11.3 Å². The quantitative estimate of drug-likeness (QED) is 0.250. The van der Waals surface area contributed by atoms with Gasteiger partial charge in [0.2, 0.25) is 5.13 Å². The number of benzene rings is 2. The van der Waals surface area contributed by atoms with Crippen LogP contribution in [0, 0.1) is 17.1 Å². The number of nitrogens with one attached hydrogen (secondary N) is 1. The van der Waals surface area contributed by atoms with Crippen LogP contribution in [0.1, 0.15) is 28.6 Å². The molecule has 0 aliphatic rings. The number of halogens is 4. The van der Waals surface area contributed by atoms with Gasteiger partial charge in [-0.05, 0) is 36.3 Å². The standard InChI is InChI=1S/C23H18F4N4O3S/c1-3-19-30-31-22(35-19)29-21(32)15(11-28)9-13-7-8-17(18(10-13)33-2)34-12-14-5-4-6-16(20(14)24)23(25,26)27/h4-10H,3,12H2,1-2H3,(H,29,31,32). The molecule has 1 aromatic heterocycles. The van der Waals surface area contributed by atoms with Crippen molar-refractivity contribution in [1.29, 1.82) is 5.26 Å². The molecule has 3 rings (SSSR count). The van der Waals surface area contributed by atoms with Crippen LogP contribution < -0.4 is 14.8 Å². The first-order valence-electron chi connectivity index (χ1n) is 10.1. The van der Waals surface area contributed by atoms with Crippen LogP contribution in [0.4, 0.5) is 22.7 Å². The third-order valence-electron chi connectivity index (χ3n) is 4.62. The molecule has 1 heterocycles. The van der Waals surface area contributed by atoms with Crippen molar-refractivity contribution in [2.24, 2.45) is 0 Å². The number of nitriles is 1. The van der Waals surface area contributed by atoms with E-state index in [2.05, 4.69) is 15.5 Å². The first-order valence-corrected chi connectivity index (χ1v) is 10.9. The summed E-state index contributed by atoms with van der Waals surface area (Å²) in [6.07, 6.45) is -2.86. The highest BCUT2D eigenvalue weighted by Crippen LogP contribution is 2.34. The summed E-state index contributed by atoms with van der Waals surface area (Å²) in [5.41, 5.74) is -1.46. The number of carbonyl (C=O) groups is 1. The predicted molar refractivity (Wildman–Crippen MR) is 120 cm³/mol. The monoisotopic (exact) mass is 506 g/mol. The van der Waals surface area contributed by atoms with Gasteiger partial charge in [0.15, 0.2) is 11.5 Å². The Labute approximate surface area is 201 Å². The van der Waals surface area contributed by atoms with Crippen molar-refractivity contribution >= 4 is 28.5 Å². The summed E-state index contributed by atoms with van der Waals surface area (Å²) in [6, 6.07) is 9.14. The molecule has 1 N–H and O–H groups in total. The zero-order valence-corrected chi connectivity index (χ0v) is 19.3. The van der Waals surface area contributed by atoms with E-state index in [0.717, 1.165) is 11.1 Å². The predicted octanol–water partition coefficient (Wildman–Crippen LogP) is 5.39. The van der Waals surface area contributed by atoms with E-state index in [4.69, 9.17) is 9.47 Å². The first-order chi connectivity index (χ1) is 16.7. The average molecular weight is 506 g/mol. The Balaban J connectivity index is 1.77. The van der Waals surface area contributed by atoms with Crippen LogP contribution in [0.3, 0.4) is 0 Å². The molecule has 0 atom stereocenters. The summed E-state index contributed by atoms with van der Waals surface area (Å²) in [6.45, 7) is 1.42. The summed E-state index contributed by atoms with van der Waals surface area (Å²) >= 11 is 1.19. The van der Waals surface area contributed by atoms with Crippen LogP contribution in [0.15, 0.2) is 42.0 Å². The highest BCUT2D eigenvalue weighted by atomic mass is 32.1. The van der Waals surface area contributed by atoms with Crippen molar-refractivity contribution in [2.75, 3.05) is 12.4 Å². The summed E-state index contributed by atoms with van der Waals surface area (Å²) < 4.78 is 63.7. The molecule has 35 heavy (non-hydrogen) atoms. The fourth-order valence-corrected chi connectivity index (χ4v) is 3.56. The number of anilines is 1. The van der Waals surface area contributed by atoms with Gasteiger partial charge in [-0.2, -0.15) is 18.4 Å². The molecule has 1 amide bonds. The number of hydrogen-bond acceptors (Lipinski definition) is 7. The smallest absolute Gasteiger partial charge is 0.419 e. The third-order valence-corrected chi connectivity index (χ3v) is 5.60. The second kappa shape index (κ2) is 11.0. The molecule has 12 heteroatoms. The molecular formula is C23H18F4N4O3S. The lowest BCUT2D eigenvalue weighted by Crippen LogP contribution is -2.13. The van der Waals surface area contributed by atoms with Crippen LogP contribution in [-0.4, -0.2) is 23.2 Å². The topological polar surface area (TPSA) is 97.1 Å². The van der Waals surface area contributed by atoms with Crippen molar-refractivity contribution in [3.8, 4) is 17.6 Å². The minimum absolute atomic E-state index is 0.130. The molecule has 0 saturated carbocycles. The average Bonchev–Trinajstić information content (AvgIpc) is 3.28. The Morgan fingerprint density at radius 1 is 1.23 bits per heavy atom. The number of aromatic nitrogens is 2. The Hall–Kier alpha value is -3.98. The minimum Gasteiger partial charge on any atom is -0.493 e. The summed E-state index contributed by atoms with van der Waals surface area (Å²) in [5.74, 6) is -1.79. The van der Waals surface area contributed by atoms with Gasteiger partial charge in [0.25, 0.3) is 5.91 Å².